The van der Waals surface area contributed by atoms with E-state index < -0.39 is 5.54 Å². The van der Waals surface area contributed by atoms with E-state index in [1.54, 1.807) is 6.33 Å². The fourth-order valence-electron chi connectivity index (χ4n) is 6.95. The number of carbonyl (C=O) groups is 1. The van der Waals surface area contributed by atoms with Crippen molar-refractivity contribution >= 4 is 17.5 Å². The zero-order valence-corrected chi connectivity index (χ0v) is 24.8. The molecule has 2 fully saturated rings. The summed E-state index contributed by atoms with van der Waals surface area (Å²) < 4.78 is 1.94. The summed E-state index contributed by atoms with van der Waals surface area (Å²) in [4.78, 5) is 21.1. The van der Waals surface area contributed by atoms with Crippen LogP contribution in [0, 0.1) is 0 Å². The summed E-state index contributed by atoms with van der Waals surface area (Å²) in [5.41, 5.74) is 4.52. The zero-order valence-electron chi connectivity index (χ0n) is 24.0. The van der Waals surface area contributed by atoms with Crippen LogP contribution in [0.2, 0.25) is 5.02 Å². The summed E-state index contributed by atoms with van der Waals surface area (Å²) in [6, 6.07) is 29.4. The van der Waals surface area contributed by atoms with E-state index in [0.29, 0.717) is 23.8 Å². The molecule has 1 aliphatic carbocycles. The lowest BCUT2D eigenvalue weighted by atomic mass is 9.68. The Labute approximate surface area is 253 Å². The molecule has 0 unspecified atom stereocenters. The number of amides is 1. The molecular formula is C35H39ClN4O2. The third-order valence-electron chi connectivity index (χ3n) is 9.37. The number of aliphatic hydroxyl groups excluding tert-OH is 1. The van der Waals surface area contributed by atoms with Crippen molar-refractivity contribution in [3.05, 3.63) is 124 Å². The number of carbonyl (C=O) groups excluding carboxylic acids is 1. The van der Waals surface area contributed by atoms with Gasteiger partial charge in [-0.05, 0) is 67.6 Å². The molecule has 1 saturated heterocycles. The fraction of sp³-hybridized carbons (Fsp3) is 0.371. The van der Waals surface area contributed by atoms with Gasteiger partial charge in [0.25, 0.3) is 5.91 Å². The van der Waals surface area contributed by atoms with E-state index >= 15 is 0 Å². The Bertz CT molecular complexity index is 1430. The van der Waals surface area contributed by atoms with Gasteiger partial charge in [0.1, 0.15) is 5.69 Å². The normalized spacial score (nSPS) is 18.1. The molecule has 42 heavy (non-hydrogen) atoms. The minimum Gasteiger partial charge on any atom is -0.394 e. The Hall–Kier alpha value is -3.45. The van der Waals surface area contributed by atoms with Crippen molar-refractivity contribution in [2.24, 2.45) is 0 Å². The van der Waals surface area contributed by atoms with Crippen molar-refractivity contribution in [1.29, 1.82) is 0 Å². The monoisotopic (exact) mass is 582 g/mol. The Morgan fingerprint density at radius 2 is 1.43 bits per heavy atom. The number of aliphatic hydroxyl groups is 1. The first-order valence-corrected chi connectivity index (χ1v) is 15.4. The number of hydrogen-bond donors (Lipinski definition) is 2. The quantitative estimate of drug-likeness (QED) is 0.246. The van der Waals surface area contributed by atoms with E-state index in [9.17, 15) is 9.90 Å². The maximum atomic E-state index is 13.9. The van der Waals surface area contributed by atoms with E-state index in [-0.39, 0.29) is 17.9 Å². The molecule has 3 aromatic carbocycles. The van der Waals surface area contributed by atoms with Gasteiger partial charge in [-0.1, -0.05) is 97.2 Å². The zero-order chi connectivity index (χ0) is 29.0. The second-order valence-electron chi connectivity index (χ2n) is 12.0. The van der Waals surface area contributed by atoms with Gasteiger partial charge in [-0.3, -0.25) is 9.69 Å². The summed E-state index contributed by atoms with van der Waals surface area (Å²) in [6.45, 7) is 2.86. The lowest BCUT2D eigenvalue weighted by Gasteiger charge is -2.43. The molecule has 1 saturated carbocycles. The van der Waals surface area contributed by atoms with Gasteiger partial charge in [0, 0.05) is 23.5 Å². The topological polar surface area (TPSA) is 70.4 Å². The first-order valence-electron chi connectivity index (χ1n) is 15.1. The van der Waals surface area contributed by atoms with Gasteiger partial charge in [0.05, 0.1) is 24.2 Å². The average Bonchev–Trinajstić information content (AvgIpc) is 3.67. The number of likely N-dealkylation sites (tertiary alicyclic amines) is 1. The van der Waals surface area contributed by atoms with Crippen LogP contribution in [-0.2, 0) is 18.5 Å². The van der Waals surface area contributed by atoms with Crippen molar-refractivity contribution in [3.8, 4) is 0 Å². The Morgan fingerprint density at radius 1 is 0.833 bits per heavy atom. The molecule has 4 aromatic rings. The van der Waals surface area contributed by atoms with Crippen molar-refractivity contribution in [2.45, 2.75) is 62.6 Å². The predicted molar refractivity (Wildman–Crippen MR) is 167 cm³/mol. The molecule has 1 amide bonds. The van der Waals surface area contributed by atoms with Crippen LogP contribution in [0.25, 0.3) is 0 Å². The van der Waals surface area contributed by atoms with E-state index in [1.165, 1.54) is 11.1 Å². The van der Waals surface area contributed by atoms with Crippen LogP contribution >= 0.6 is 11.6 Å². The van der Waals surface area contributed by atoms with Gasteiger partial charge in [-0.25, -0.2) is 4.98 Å². The Morgan fingerprint density at radius 3 is 2.00 bits per heavy atom. The molecule has 7 heteroatoms. The summed E-state index contributed by atoms with van der Waals surface area (Å²) in [5, 5.41) is 14.1. The van der Waals surface area contributed by atoms with Crippen LogP contribution in [0.5, 0.6) is 0 Å². The summed E-state index contributed by atoms with van der Waals surface area (Å²) in [6.07, 6.45) is 7.36. The number of imidazole rings is 1. The molecule has 1 aliphatic heterocycles. The molecule has 0 radical (unpaired) electrons. The van der Waals surface area contributed by atoms with Crippen molar-refractivity contribution in [2.75, 3.05) is 19.7 Å². The van der Waals surface area contributed by atoms with Gasteiger partial charge in [-0.2, -0.15) is 0 Å². The van der Waals surface area contributed by atoms with Crippen molar-refractivity contribution in [1.82, 2.24) is 19.8 Å². The van der Waals surface area contributed by atoms with Crippen LogP contribution in [0.4, 0.5) is 0 Å². The Kier molecular flexibility index (Phi) is 8.48. The number of hydrogen-bond acceptors (Lipinski definition) is 4. The third-order valence-corrected chi connectivity index (χ3v) is 9.62. The van der Waals surface area contributed by atoms with Crippen LogP contribution in [-0.4, -0.2) is 50.7 Å². The van der Waals surface area contributed by atoms with Crippen molar-refractivity contribution < 1.29 is 9.90 Å². The standard InChI is InChI=1S/C35H39ClN4O2/c36-30-15-13-27(14-16-30)23-40-26-37-31(32(40)33(42)38-34(25-41)17-7-8-18-34)24-39-21-19-35(20-22-39,28-9-3-1-4-10-28)29-11-5-2-6-12-29/h1-6,9-16,26,41H,7-8,17-25H2,(H,38,42). The van der Waals surface area contributed by atoms with Gasteiger partial charge in [0.2, 0.25) is 0 Å². The Balaban J connectivity index is 1.25. The maximum absolute atomic E-state index is 13.9. The summed E-state index contributed by atoms with van der Waals surface area (Å²) in [7, 11) is 0. The summed E-state index contributed by atoms with van der Waals surface area (Å²) >= 11 is 6.12. The third kappa shape index (κ3) is 5.89. The molecule has 218 valence electrons. The number of nitrogens with one attached hydrogen (secondary N) is 1. The molecule has 6 rings (SSSR count). The van der Waals surface area contributed by atoms with E-state index in [1.807, 2.05) is 28.8 Å². The lowest BCUT2D eigenvalue weighted by molar-refractivity contribution is 0.0826. The van der Waals surface area contributed by atoms with Crippen LogP contribution in [0.15, 0.2) is 91.3 Å². The molecule has 0 atom stereocenters. The highest BCUT2D eigenvalue weighted by molar-refractivity contribution is 6.30. The van der Waals surface area contributed by atoms with Crippen molar-refractivity contribution in [3.63, 3.8) is 0 Å². The van der Waals surface area contributed by atoms with Crippen LogP contribution in [0.1, 0.15) is 71.4 Å². The minimum atomic E-state index is -0.556. The highest BCUT2D eigenvalue weighted by Crippen LogP contribution is 2.42. The van der Waals surface area contributed by atoms with Gasteiger partial charge >= 0.3 is 0 Å². The summed E-state index contributed by atoms with van der Waals surface area (Å²) in [5.74, 6) is -0.160. The first kappa shape index (κ1) is 28.7. The largest absolute Gasteiger partial charge is 0.394 e. The number of rotatable bonds is 9. The molecule has 0 spiro atoms. The second-order valence-corrected chi connectivity index (χ2v) is 12.4. The van der Waals surface area contributed by atoms with Gasteiger partial charge < -0.3 is 15.0 Å². The smallest absolute Gasteiger partial charge is 0.270 e. The second kappa shape index (κ2) is 12.4. The number of nitrogens with zero attached hydrogens (tertiary/aromatic N) is 3. The van der Waals surface area contributed by atoms with E-state index in [2.05, 4.69) is 70.9 Å². The van der Waals surface area contributed by atoms with Crippen LogP contribution in [0.3, 0.4) is 0 Å². The van der Waals surface area contributed by atoms with Crippen LogP contribution < -0.4 is 5.32 Å². The molecule has 0 bridgehead atoms. The highest BCUT2D eigenvalue weighted by atomic mass is 35.5. The number of halogens is 1. The molecule has 2 heterocycles. The number of piperidine rings is 1. The molecule has 2 aliphatic rings. The lowest BCUT2D eigenvalue weighted by Crippen LogP contribution is -2.50. The van der Waals surface area contributed by atoms with E-state index in [0.717, 1.165) is 62.9 Å². The number of benzene rings is 3. The van der Waals surface area contributed by atoms with E-state index in [4.69, 9.17) is 16.6 Å². The molecular weight excluding hydrogens is 544 g/mol. The van der Waals surface area contributed by atoms with Gasteiger partial charge in [0.15, 0.2) is 0 Å². The highest BCUT2D eigenvalue weighted by Gasteiger charge is 2.39. The number of aromatic nitrogens is 2. The average molecular weight is 583 g/mol. The molecule has 2 N–H and O–H groups in total. The predicted octanol–water partition coefficient (Wildman–Crippen LogP) is 6.20. The SMILES string of the molecule is O=C(NC1(CO)CCCC1)c1c(CN2CCC(c3ccccc3)(c3ccccc3)CC2)ncn1Cc1ccc(Cl)cc1. The first-order chi connectivity index (χ1) is 20.5. The fourth-order valence-corrected chi connectivity index (χ4v) is 7.07. The molecule has 1 aromatic heterocycles. The molecule has 6 nitrogen and oxygen atoms in total. The maximum Gasteiger partial charge on any atom is 0.270 e. The van der Waals surface area contributed by atoms with Gasteiger partial charge in [-0.15, -0.1) is 0 Å². The minimum absolute atomic E-state index is 0.0385.